The molecule has 1 aliphatic carbocycles. The molecule has 1 aromatic rings. The zero-order chi connectivity index (χ0) is 13.2. The van der Waals surface area contributed by atoms with Crippen LogP contribution in [0.4, 0.5) is 0 Å². The average Bonchev–Trinajstić information content (AvgIpc) is 2.95. The van der Waals surface area contributed by atoms with E-state index in [1.54, 1.807) is 11.8 Å². The Labute approximate surface area is 111 Å². The number of hydrogen-bond donors (Lipinski definition) is 3. The van der Waals surface area contributed by atoms with E-state index < -0.39 is 10.0 Å². The molecule has 6 nitrogen and oxygen atoms in total. The Balaban J connectivity index is 2.17. The van der Waals surface area contributed by atoms with E-state index in [1.165, 1.54) is 6.20 Å². The molecule has 3 N–H and O–H groups in total. The van der Waals surface area contributed by atoms with E-state index in [0.29, 0.717) is 10.8 Å². The van der Waals surface area contributed by atoms with Gasteiger partial charge in [0.2, 0.25) is 0 Å². The standard InChI is InChI=1S/C10H17N3O3S2/c1-17-9-4-2-3-8(9)13-18(15,16)10-7(6-14)5-11-12-10/h5,8-9,13-14H,2-4,6H2,1H3,(H,11,12). The number of aromatic amines is 1. The molecule has 2 unspecified atom stereocenters. The number of aliphatic hydroxyl groups is 1. The minimum absolute atomic E-state index is 0.0308. The first-order chi connectivity index (χ1) is 8.58. The van der Waals surface area contributed by atoms with Gasteiger partial charge in [-0.2, -0.15) is 16.9 Å². The number of aromatic nitrogens is 2. The minimum atomic E-state index is -3.63. The molecule has 0 spiro atoms. The predicted molar refractivity (Wildman–Crippen MR) is 69.8 cm³/mol. The highest BCUT2D eigenvalue weighted by molar-refractivity contribution is 7.99. The molecule has 1 saturated carbocycles. The monoisotopic (exact) mass is 291 g/mol. The molecule has 1 fully saturated rings. The fraction of sp³-hybridized carbons (Fsp3) is 0.700. The van der Waals surface area contributed by atoms with Gasteiger partial charge in [-0.3, -0.25) is 5.10 Å². The maximum atomic E-state index is 12.2. The minimum Gasteiger partial charge on any atom is -0.392 e. The van der Waals surface area contributed by atoms with Gasteiger partial charge in [-0.1, -0.05) is 6.42 Å². The van der Waals surface area contributed by atoms with Crippen molar-refractivity contribution in [1.82, 2.24) is 14.9 Å². The number of nitrogens with zero attached hydrogens (tertiary/aromatic N) is 1. The lowest BCUT2D eigenvalue weighted by molar-refractivity contribution is 0.278. The van der Waals surface area contributed by atoms with Crippen LogP contribution < -0.4 is 4.72 Å². The van der Waals surface area contributed by atoms with Crippen LogP contribution in [-0.2, 0) is 16.6 Å². The lowest BCUT2D eigenvalue weighted by Crippen LogP contribution is -2.39. The van der Waals surface area contributed by atoms with E-state index in [2.05, 4.69) is 14.9 Å². The molecule has 0 amide bonds. The van der Waals surface area contributed by atoms with Crippen LogP contribution in [0, 0.1) is 0 Å². The summed E-state index contributed by atoms with van der Waals surface area (Å²) in [4.78, 5) is 0. The van der Waals surface area contributed by atoms with Gasteiger partial charge in [-0.15, -0.1) is 0 Å². The highest BCUT2D eigenvalue weighted by Gasteiger charge is 2.32. The smallest absolute Gasteiger partial charge is 0.258 e. The molecule has 102 valence electrons. The van der Waals surface area contributed by atoms with E-state index >= 15 is 0 Å². The summed E-state index contributed by atoms with van der Waals surface area (Å²) in [5.74, 6) is 0. The third-order valence-corrected chi connectivity index (χ3v) is 5.85. The van der Waals surface area contributed by atoms with Crippen molar-refractivity contribution >= 4 is 21.8 Å². The molecule has 1 heterocycles. The Morgan fingerprint density at radius 3 is 3.06 bits per heavy atom. The van der Waals surface area contributed by atoms with Crippen LogP contribution in [-0.4, -0.2) is 41.3 Å². The number of rotatable bonds is 5. The van der Waals surface area contributed by atoms with Crippen LogP contribution in [0.2, 0.25) is 0 Å². The maximum absolute atomic E-state index is 12.2. The molecular formula is C10H17N3O3S2. The van der Waals surface area contributed by atoms with Crippen molar-refractivity contribution < 1.29 is 13.5 Å². The van der Waals surface area contributed by atoms with Crippen LogP contribution in [0.25, 0.3) is 0 Å². The Bertz CT molecular complexity index is 500. The fourth-order valence-electron chi connectivity index (χ4n) is 2.25. The Morgan fingerprint density at radius 1 is 1.61 bits per heavy atom. The topological polar surface area (TPSA) is 95.1 Å². The molecule has 2 atom stereocenters. The fourth-order valence-corrected chi connectivity index (χ4v) is 4.70. The number of H-pyrrole nitrogens is 1. The molecule has 0 saturated heterocycles. The van der Waals surface area contributed by atoms with Gasteiger partial charge in [-0.05, 0) is 19.1 Å². The summed E-state index contributed by atoms with van der Waals surface area (Å²) in [7, 11) is -3.63. The van der Waals surface area contributed by atoms with Gasteiger partial charge in [0.15, 0.2) is 5.03 Å². The lowest BCUT2D eigenvalue weighted by Gasteiger charge is -2.18. The van der Waals surface area contributed by atoms with Crippen molar-refractivity contribution in [3.05, 3.63) is 11.8 Å². The average molecular weight is 291 g/mol. The van der Waals surface area contributed by atoms with Gasteiger partial charge in [0.25, 0.3) is 10.0 Å². The number of aliphatic hydroxyl groups excluding tert-OH is 1. The quantitative estimate of drug-likeness (QED) is 0.733. The number of sulfonamides is 1. The summed E-state index contributed by atoms with van der Waals surface area (Å²) in [6.45, 7) is -0.344. The molecule has 0 radical (unpaired) electrons. The van der Waals surface area contributed by atoms with Crippen molar-refractivity contribution in [1.29, 1.82) is 0 Å². The SMILES string of the molecule is CSC1CCCC1NS(=O)(=O)c1[nH]ncc1CO. The molecule has 0 bridgehead atoms. The zero-order valence-corrected chi connectivity index (χ0v) is 11.7. The second-order valence-corrected chi connectivity index (χ2v) is 7.04. The summed E-state index contributed by atoms with van der Waals surface area (Å²) in [6, 6.07) is -0.0418. The second kappa shape index (κ2) is 5.60. The second-order valence-electron chi connectivity index (χ2n) is 4.32. The molecule has 8 heteroatoms. The summed E-state index contributed by atoms with van der Waals surface area (Å²) in [6.07, 6.45) is 6.24. The first-order valence-electron chi connectivity index (χ1n) is 5.76. The molecule has 1 aromatic heterocycles. The number of hydrogen-bond acceptors (Lipinski definition) is 5. The van der Waals surface area contributed by atoms with Crippen molar-refractivity contribution in [3.63, 3.8) is 0 Å². The van der Waals surface area contributed by atoms with Gasteiger partial charge < -0.3 is 5.11 Å². The zero-order valence-electron chi connectivity index (χ0n) is 10.1. The number of nitrogens with one attached hydrogen (secondary N) is 2. The third kappa shape index (κ3) is 2.71. The van der Waals surface area contributed by atoms with Crippen LogP contribution in [0.3, 0.4) is 0 Å². The van der Waals surface area contributed by atoms with E-state index in [9.17, 15) is 8.42 Å². The predicted octanol–water partition coefficient (Wildman–Crippen LogP) is 0.464. The van der Waals surface area contributed by atoms with Crippen molar-refractivity contribution in [2.24, 2.45) is 0 Å². The van der Waals surface area contributed by atoms with E-state index in [4.69, 9.17) is 5.11 Å². The van der Waals surface area contributed by atoms with Crippen molar-refractivity contribution in [2.75, 3.05) is 6.26 Å². The third-order valence-electron chi connectivity index (χ3n) is 3.18. The van der Waals surface area contributed by atoms with Gasteiger partial charge in [0.1, 0.15) is 0 Å². The van der Waals surface area contributed by atoms with Gasteiger partial charge in [0.05, 0.1) is 12.8 Å². The Kier molecular flexibility index (Phi) is 4.31. The molecule has 0 aliphatic heterocycles. The summed E-state index contributed by atoms with van der Waals surface area (Å²) in [5.41, 5.74) is 0.293. The van der Waals surface area contributed by atoms with Gasteiger partial charge in [-0.25, -0.2) is 13.1 Å². The van der Waals surface area contributed by atoms with Crippen molar-refractivity contribution in [3.8, 4) is 0 Å². The molecule has 0 aromatic carbocycles. The van der Waals surface area contributed by atoms with Crippen LogP contribution in [0.1, 0.15) is 24.8 Å². The Hall–Kier alpha value is -0.570. The largest absolute Gasteiger partial charge is 0.392 e. The van der Waals surface area contributed by atoms with Gasteiger partial charge >= 0.3 is 0 Å². The highest BCUT2D eigenvalue weighted by Crippen LogP contribution is 2.29. The molecule has 18 heavy (non-hydrogen) atoms. The Morgan fingerprint density at radius 2 is 2.39 bits per heavy atom. The van der Waals surface area contributed by atoms with E-state index in [-0.39, 0.29) is 17.7 Å². The molecule has 1 aliphatic rings. The molecule has 2 rings (SSSR count). The highest BCUT2D eigenvalue weighted by atomic mass is 32.2. The maximum Gasteiger partial charge on any atom is 0.258 e. The van der Waals surface area contributed by atoms with Crippen LogP contribution in [0.15, 0.2) is 11.2 Å². The normalized spacial score (nSPS) is 24.6. The first kappa shape index (κ1) is 13.9. The lowest BCUT2D eigenvalue weighted by atomic mass is 10.3. The van der Waals surface area contributed by atoms with Crippen LogP contribution in [0.5, 0.6) is 0 Å². The number of thioether (sulfide) groups is 1. The van der Waals surface area contributed by atoms with Crippen LogP contribution >= 0.6 is 11.8 Å². The van der Waals surface area contributed by atoms with Gasteiger partial charge in [0, 0.05) is 16.9 Å². The van der Waals surface area contributed by atoms with E-state index in [1.807, 2.05) is 6.26 Å². The summed E-state index contributed by atoms with van der Waals surface area (Å²) >= 11 is 1.69. The van der Waals surface area contributed by atoms with Crippen molar-refractivity contribution in [2.45, 2.75) is 42.2 Å². The molecular weight excluding hydrogens is 274 g/mol. The first-order valence-corrected chi connectivity index (χ1v) is 8.54. The summed E-state index contributed by atoms with van der Waals surface area (Å²) in [5, 5.41) is 15.5. The summed E-state index contributed by atoms with van der Waals surface area (Å²) < 4.78 is 27.1. The van der Waals surface area contributed by atoms with E-state index in [0.717, 1.165) is 19.3 Å².